The van der Waals surface area contributed by atoms with Crippen molar-refractivity contribution in [1.29, 1.82) is 0 Å². The van der Waals surface area contributed by atoms with Gasteiger partial charge in [0.05, 0.1) is 17.0 Å². The number of fused-ring (bicyclic) bond motifs is 1. The second-order valence-corrected chi connectivity index (χ2v) is 7.02. The van der Waals surface area contributed by atoms with Gasteiger partial charge in [-0.3, -0.25) is 9.79 Å². The van der Waals surface area contributed by atoms with Gasteiger partial charge < -0.3 is 14.8 Å². The van der Waals surface area contributed by atoms with Crippen LogP contribution in [0, 0.1) is 0 Å². The summed E-state index contributed by atoms with van der Waals surface area (Å²) < 4.78 is 48.4. The van der Waals surface area contributed by atoms with Gasteiger partial charge in [0.15, 0.2) is 16.7 Å². The average molecular weight is 406 g/mol. The molecule has 0 atom stereocenters. The van der Waals surface area contributed by atoms with Crippen molar-refractivity contribution in [3.63, 3.8) is 0 Å². The fourth-order valence-electron chi connectivity index (χ4n) is 2.62. The SMILES string of the molecule is O=C1NC(=NCc2ccc3c(c2)OCO3)S/C1=C\c1ccc(C(F)(F)F)cc1. The zero-order valence-corrected chi connectivity index (χ0v) is 15.1. The Morgan fingerprint density at radius 2 is 1.86 bits per heavy atom. The molecule has 1 saturated heterocycles. The minimum atomic E-state index is -4.39. The summed E-state index contributed by atoms with van der Waals surface area (Å²) in [5, 5.41) is 3.08. The highest BCUT2D eigenvalue weighted by atomic mass is 32.2. The van der Waals surface area contributed by atoms with E-state index in [-0.39, 0.29) is 12.7 Å². The molecule has 9 heteroatoms. The molecule has 4 rings (SSSR count). The standard InChI is InChI=1S/C19H13F3N2O3S/c20-19(21,22)13-4-1-11(2-5-13)8-16-17(25)24-18(28-16)23-9-12-3-6-14-15(7-12)27-10-26-14/h1-8H,9-10H2,(H,23,24,25)/b16-8-. The topological polar surface area (TPSA) is 59.9 Å². The van der Waals surface area contributed by atoms with Crippen LogP contribution in [0.25, 0.3) is 6.08 Å². The van der Waals surface area contributed by atoms with Gasteiger partial charge in [-0.1, -0.05) is 18.2 Å². The number of aliphatic imine (C=N–C) groups is 1. The maximum atomic E-state index is 12.6. The summed E-state index contributed by atoms with van der Waals surface area (Å²) in [6, 6.07) is 10.1. The molecule has 2 aromatic carbocycles. The Labute approximate surface area is 162 Å². The molecule has 2 aliphatic rings. The van der Waals surface area contributed by atoms with Crippen LogP contribution in [0.3, 0.4) is 0 Å². The van der Waals surface area contributed by atoms with E-state index >= 15 is 0 Å². The molecule has 2 aromatic rings. The van der Waals surface area contributed by atoms with Gasteiger partial charge in [0, 0.05) is 0 Å². The van der Waals surface area contributed by atoms with Gasteiger partial charge in [-0.25, -0.2) is 0 Å². The average Bonchev–Trinajstić information content (AvgIpc) is 3.26. The summed E-state index contributed by atoms with van der Waals surface area (Å²) in [6.45, 7) is 0.532. The lowest BCUT2D eigenvalue weighted by Crippen LogP contribution is -2.19. The van der Waals surface area contributed by atoms with Crippen LogP contribution < -0.4 is 14.8 Å². The zero-order valence-electron chi connectivity index (χ0n) is 14.2. The Hall–Kier alpha value is -2.94. The smallest absolute Gasteiger partial charge is 0.416 e. The van der Waals surface area contributed by atoms with Crippen molar-refractivity contribution in [3.8, 4) is 11.5 Å². The monoisotopic (exact) mass is 406 g/mol. The molecule has 5 nitrogen and oxygen atoms in total. The van der Waals surface area contributed by atoms with E-state index in [2.05, 4.69) is 10.3 Å². The van der Waals surface area contributed by atoms with E-state index < -0.39 is 11.7 Å². The predicted molar refractivity (Wildman–Crippen MR) is 98.9 cm³/mol. The lowest BCUT2D eigenvalue weighted by molar-refractivity contribution is -0.137. The van der Waals surface area contributed by atoms with Crippen molar-refractivity contribution >= 4 is 28.9 Å². The predicted octanol–water partition coefficient (Wildman–Crippen LogP) is 4.19. The molecule has 0 spiro atoms. The highest BCUT2D eigenvalue weighted by Crippen LogP contribution is 2.33. The van der Waals surface area contributed by atoms with Crippen LogP contribution in [0.5, 0.6) is 11.5 Å². The first-order valence-corrected chi connectivity index (χ1v) is 9.01. The van der Waals surface area contributed by atoms with Gasteiger partial charge in [-0.15, -0.1) is 0 Å². The van der Waals surface area contributed by atoms with E-state index in [0.717, 1.165) is 29.5 Å². The largest absolute Gasteiger partial charge is 0.454 e. The van der Waals surface area contributed by atoms with Crippen molar-refractivity contribution < 1.29 is 27.4 Å². The van der Waals surface area contributed by atoms with Crippen molar-refractivity contribution in [2.45, 2.75) is 12.7 Å². The zero-order chi connectivity index (χ0) is 19.7. The number of thioether (sulfide) groups is 1. The molecule has 2 heterocycles. The number of halogens is 3. The number of nitrogens with one attached hydrogen (secondary N) is 1. The molecule has 0 aliphatic carbocycles. The summed E-state index contributed by atoms with van der Waals surface area (Å²) in [6.07, 6.45) is -2.86. The molecular weight excluding hydrogens is 393 g/mol. The third kappa shape index (κ3) is 3.99. The normalized spacial score (nSPS) is 18.8. The number of hydrogen-bond donors (Lipinski definition) is 1. The van der Waals surface area contributed by atoms with Crippen LogP contribution in [0.1, 0.15) is 16.7 Å². The lowest BCUT2D eigenvalue weighted by Gasteiger charge is -2.06. The molecule has 28 heavy (non-hydrogen) atoms. The van der Waals surface area contributed by atoms with Gasteiger partial charge in [0.2, 0.25) is 6.79 Å². The van der Waals surface area contributed by atoms with E-state index in [4.69, 9.17) is 9.47 Å². The minimum Gasteiger partial charge on any atom is -0.454 e. The molecule has 1 amide bonds. The van der Waals surface area contributed by atoms with Crippen LogP contribution in [0.4, 0.5) is 13.2 Å². The number of carbonyl (C=O) groups is 1. The molecular formula is C19H13F3N2O3S. The summed E-state index contributed by atoms with van der Waals surface area (Å²) in [5.41, 5.74) is 0.665. The first kappa shape index (κ1) is 18.4. The molecule has 0 unspecified atom stereocenters. The maximum Gasteiger partial charge on any atom is 0.416 e. The summed E-state index contributed by atoms with van der Waals surface area (Å²) in [7, 11) is 0. The quantitative estimate of drug-likeness (QED) is 0.777. The Balaban J connectivity index is 1.44. The van der Waals surface area contributed by atoms with E-state index in [0.29, 0.717) is 33.7 Å². The van der Waals surface area contributed by atoms with Crippen LogP contribution in [-0.2, 0) is 17.5 Å². The maximum absolute atomic E-state index is 12.6. The number of rotatable bonds is 3. The fourth-order valence-corrected chi connectivity index (χ4v) is 3.44. The third-order valence-electron chi connectivity index (χ3n) is 4.03. The van der Waals surface area contributed by atoms with Crippen molar-refractivity contribution in [1.82, 2.24) is 5.32 Å². The van der Waals surface area contributed by atoms with Crippen molar-refractivity contribution in [2.24, 2.45) is 4.99 Å². The Bertz CT molecular complexity index is 985. The van der Waals surface area contributed by atoms with Crippen LogP contribution in [0.2, 0.25) is 0 Å². The van der Waals surface area contributed by atoms with Crippen LogP contribution in [-0.4, -0.2) is 17.9 Å². The summed E-state index contributed by atoms with van der Waals surface area (Å²) in [4.78, 5) is 16.8. The van der Waals surface area contributed by atoms with Gasteiger partial charge in [-0.05, 0) is 53.2 Å². The number of alkyl halides is 3. The first-order chi connectivity index (χ1) is 13.4. The fraction of sp³-hybridized carbons (Fsp3) is 0.158. The highest BCUT2D eigenvalue weighted by molar-refractivity contribution is 8.18. The van der Waals surface area contributed by atoms with Gasteiger partial charge in [0.1, 0.15) is 0 Å². The number of ether oxygens (including phenoxy) is 2. The molecule has 144 valence electrons. The number of hydrogen-bond acceptors (Lipinski definition) is 5. The van der Waals surface area contributed by atoms with Crippen molar-refractivity contribution in [2.75, 3.05) is 6.79 Å². The number of amidine groups is 1. The van der Waals surface area contributed by atoms with Gasteiger partial charge in [-0.2, -0.15) is 13.2 Å². The Morgan fingerprint density at radius 3 is 2.61 bits per heavy atom. The van der Waals surface area contributed by atoms with E-state index in [1.54, 1.807) is 6.07 Å². The van der Waals surface area contributed by atoms with Crippen LogP contribution in [0.15, 0.2) is 52.4 Å². The van der Waals surface area contributed by atoms with Gasteiger partial charge >= 0.3 is 6.18 Å². The molecule has 1 fully saturated rings. The Kier molecular flexibility index (Phi) is 4.76. The number of carbonyl (C=O) groups excluding carboxylic acids is 1. The van der Waals surface area contributed by atoms with Crippen LogP contribution >= 0.6 is 11.8 Å². The van der Waals surface area contributed by atoms with E-state index in [1.807, 2.05) is 12.1 Å². The summed E-state index contributed by atoms with van der Waals surface area (Å²) >= 11 is 1.14. The first-order valence-electron chi connectivity index (χ1n) is 8.20. The summed E-state index contributed by atoms with van der Waals surface area (Å²) in [5.74, 6) is 1.000. The molecule has 0 radical (unpaired) electrons. The number of nitrogens with zero attached hydrogens (tertiary/aromatic N) is 1. The lowest BCUT2D eigenvalue weighted by atomic mass is 10.1. The molecule has 0 bridgehead atoms. The second kappa shape index (κ2) is 7.23. The second-order valence-electron chi connectivity index (χ2n) is 5.99. The van der Waals surface area contributed by atoms with Crippen molar-refractivity contribution in [3.05, 3.63) is 64.1 Å². The van der Waals surface area contributed by atoms with Gasteiger partial charge in [0.25, 0.3) is 5.91 Å². The molecule has 0 aromatic heterocycles. The van der Waals surface area contributed by atoms with E-state index in [9.17, 15) is 18.0 Å². The number of amides is 1. The molecule has 0 saturated carbocycles. The van der Waals surface area contributed by atoms with E-state index in [1.165, 1.54) is 18.2 Å². The highest BCUT2D eigenvalue weighted by Gasteiger charge is 2.30. The number of benzene rings is 2. The Morgan fingerprint density at radius 1 is 1.11 bits per heavy atom. The third-order valence-corrected chi connectivity index (χ3v) is 4.98. The molecule has 2 aliphatic heterocycles. The molecule has 1 N–H and O–H groups in total. The minimum absolute atomic E-state index is 0.192.